The Balaban J connectivity index is 1.14. The molecule has 8 aromatic carbocycles. The van der Waals surface area contributed by atoms with Gasteiger partial charge in [-0.05, 0) is 62.0 Å². The molecule has 4 heteroatoms. The van der Waals surface area contributed by atoms with E-state index in [0.717, 1.165) is 60.9 Å². The highest BCUT2D eigenvalue weighted by atomic mass is 16.3. The molecular weight excluding hydrogens is 623 g/mol. The Morgan fingerprint density at radius 1 is 0.314 bits per heavy atom. The third-order valence-electron chi connectivity index (χ3n) is 9.75. The average Bonchev–Trinajstić information content (AvgIpc) is 3.60. The second-order valence-corrected chi connectivity index (χ2v) is 12.8. The Morgan fingerprint density at radius 3 is 1.73 bits per heavy atom. The van der Waals surface area contributed by atoms with E-state index in [1.807, 2.05) is 42.5 Å². The van der Waals surface area contributed by atoms with Gasteiger partial charge in [0.2, 0.25) is 0 Å². The van der Waals surface area contributed by atoms with Crippen molar-refractivity contribution >= 4 is 43.5 Å². The monoisotopic (exact) mass is 651 g/mol. The number of nitrogens with zero attached hydrogens (tertiary/aromatic N) is 3. The second kappa shape index (κ2) is 11.9. The molecule has 0 fully saturated rings. The summed E-state index contributed by atoms with van der Waals surface area (Å²) < 4.78 is 6.26. The summed E-state index contributed by atoms with van der Waals surface area (Å²) in [6.07, 6.45) is 0. The molecule has 238 valence electrons. The maximum Gasteiger partial charge on any atom is 0.164 e. The molecule has 4 nitrogen and oxygen atoms in total. The molecule has 0 saturated heterocycles. The van der Waals surface area contributed by atoms with E-state index in [4.69, 9.17) is 19.4 Å². The molecule has 0 aliphatic heterocycles. The number of rotatable bonds is 5. The van der Waals surface area contributed by atoms with Crippen molar-refractivity contribution in [1.29, 1.82) is 0 Å². The molecule has 0 N–H and O–H groups in total. The zero-order valence-electron chi connectivity index (χ0n) is 27.5. The molecule has 0 spiro atoms. The third-order valence-corrected chi connectivity index (χ3v) is 9.75. The minimum absolute atomic E-state index is 0.598. The van der Waals surface area contributed by atoms with Crippen LogP contribution in [0.5, 0.6) is 0 Å². The second-order valence-electron chi connectivity index (χ2n) is 12.8. The van der Waals surface area contributed by atoms with Gasteiger partial charge in [0.25, 0.3) is 0 Å². The van der Waals surface area contributed by atoms with E-state index >= 15 is 0 Å². The van der Waals surface area contributed by atoms with Crippen molar-refractivity contribution in [2.75, 3.05) is 0 Å². The average molecular weight is 652 g/mol. The molecule has 0 aliphatic rings. The van der Waals surface area contributed by atoms with Gasteiger partial charge in [0.1, 0.15) is 11.2 Å². The summed E-state index contributed by atoms with van der Waals surface area (Å²) in [5, 5.41) is 7.01. The Labute approximate surface area is 294 Å². The van der Waals surface area contributed by atoms with Gasteiger partial charge in [-0.3, -0.25) is 0 Å². The number of benzene rings is 8. The van der Waals surface area contributed by atoms with E-state index < -0.39 is 0 Å². The molecule has 0 atom stereocenters. The van der Waals surface area contributed by atoms with Crippen molar-refractivity contribution in [1.82, 2.24) is 15.0 Å². The molecule has 10 aromatic rings. The fourth-order valence-electron chi connectivity index (χ4n) is 7.25. The van der Waals surface area contributed by atoms with Gasteiger partial charge in [-0.2, -0.15) is 0 Å². The van der Waals surface area contributed by atoms with Crippen LogP contribution >= 0.6 is 0 Å². The first-order chi connectivity index (χ1) is 25.3. The highest BCUT2D eigenvalue weighted by Crippen LogP contribution is 2.38. The van der Waals surface area contributed by atoms with Crippen molar-refractivity contribution in [3.63, 3.8) is 0 Å². The van der Waals surface area contributed by atoms with E-state index in [0.29, 0.717) is 17.5 Å². The largest absolute Gasteiger partial charge is 0.456 e. The van der Waals surface area contributed by atoms with Crippen LogP contribution in [-0.4, -0.2) is 15.0 Å². The van der Waals surface area contributed by atoms with Crippen LogP contribution in [-0.2, 0) is 0 Å². The van der Waals surface area contributed by atoms with Gasteiger partial charge in [0, 0.05) is 27.5 Å². The smallest absolute Gasteiger partial charge is 0.164 e. The zero-order chi connectivity index (χ0) is 33.7. The summed E-state index contributed by atoms with van der Waals surface area (Å²) in [5.41, 5.74) is 8.86. The summed E-state index contributed by atoms with van der Waals surface area (Å²) in [5.74, 6) is 1.82. The van der Waals surface area contributed by atoms with Crippen molar-refractivity contribution in [3.05, 3.63) is 176 Å². The fourth-order valence-corrected chi connectivity index (χ4v) is 7.25. The van der Waals surface area contributed by atoms with Crippen LogP contribution in [0.15, 0.2) is 180 Å². The molecule has 2 aromatic heterocycles. The molecule has 0 radical (unpaired) electrons. The summed E-state index contributed by atoms with van der Waals surface area (Å²) in [4.78, 5) is 15.5. The highest BCUT2D eigenvalue weighted by Gasteiger charge is 2.19. The van der Waals surface area contributed by atoms with Crippen LogP contribution in [0.3, 0.4) is 0 Å². The number of hydrogen-bond donors (Lipinski definition) is 0. The predicted octanol–water partition coefficient (Wildman–Crippen LogP) is 12.4. The Hall–Kier alpha value is -6.91. The van der Waals surface area contributed by atoms with Crippen molar-refractivity contribution in [2.24, 2.45) is 0 Å². The molecule has 0 unspecified atom stereocenters. The lowest BCUT2D eigenvalue weighted by molar-refractivity contribution is 0.669. The SMILES string of the molecule is c1ccc(-c2ccccc2-c2nc(-c3ccc(-c4ccc5ccc6ccccc6c5c4)cc3)nc(-c3cccc4oc5ccccc5c34)n2)cc1. The van der Waals surface area contributed by atoms with E-state index in [9.17, 15) is 0 Å². The lowest BCUT2D eigenvalue weighted by Gasteiger charge is -2.13. The van der Waals surface area contributed by atoms with Crippen LogP contribution in [0.4, 0.5) is 0 Å². The summed E-state index contributed by atoms with van der Waals surface area (Å²) in [6, 6.07) is 61.1. The molecule has 0 amide bonds. The number of hydrogen-bond acceptors (Lipinski definition) is 4. The van der Waals surface area contributed by atoms with Gasteiger partial charge in [-0.25, -0.2) is 15.0 Å². The Bertz CT molecular complexity index is 2910. The van der Waals surface area contributed by atoms with E-state index in [1.54, 1.807) is 0 Å². The van der Waals surface area contributed by atoms with Gasteiger partial charge >= 0.3 is 0 Å². The molecule has 10 rings (SSSR count). The van der Waals surface area contributed by atoms with Crippen molar-refractivity contribution in [2.45, 2.75) is 0 Å². The maximum absolute atomic E-state index is 6.26. The first kappa shape index (κ1) is 29.0. The lowest BCUT2D eigenvalue weighted by atomic mass is 9.96. The minimum Gasteiger partial charge on any atom is -0.456 e. The highest BCUT2D eigenvalue weighted by molar-refractivity contribution is 6.12. The third kappa shape index (κ3) is 5.04. The van der Waals surface area contributed by atoms with Crippen LogP contribution in [0.2, 0.25) is 0 Å². The van der Waals surface area contributed by atoms with Gasteiger partial charge in [-0.15, -0.1) is 0 Å². The van der Waals surface area contributed by atoms with Crippen molar-refractivity contribution < 1.29 is 4.42 Å². The zero-order valence-corrected chi connectivity index (χ0v) is 27.5. The number of para-hydroxylation sites is 1. The van der Waals surface area contributed by atoms with Gasteiger partial charge in [0.15, 0.2) is 17.5 Å². The molecule has 0 saturated carbocycles. The number of aromatic nitrogens is 3. The van der Waals surface area contributed by atoms with Crippen LogP contribution in [0.1, 0.15) is 0 Å². The molecule has 2 heterocycles. The molecule has 0 aliphatic carbocycles. The van der Waals surface area contributed by atoms with E-state index in [1.165, 1.54) is 21.5 Å². The minimum atomic E-state index is 0.598. The molecule has 51 heavy (non-hydrogen) atoms. The Morgan fingerprint density at radius 2 is 0.882 bits per heavy atom. The predicted molar refractivity (Wildman–Crippen MR) is 209 cm³/mol. The first-order valence-corrected chi connectivity index (χ1v) is 17.1. The lowest BCUT2D eigenvalue weighted by Crippen LogP contribution is -2.01. The summed E-state index contributed by atoms with van der Waals surface area (Å²) in [7, 11) is 0. The standard InChI is InChI=1S/C47H29N3O/c1-2-11-31(12-3-1)36-14-6-7-16-38(36)46-48-45(49-47(50-46)40-18-10-20-43-44(40)39-17-8-9-19-42(39)51-43)34-26-21-30(22-27-34)35-28-25-33-24-23-32-13-4-5-15-37(32)41(33)29-35/h1-29H. The van der Waals surface area contributed by atoms with E-state index in [2.05, 4.69) is 133 Å². The number of furan rings is 1. The fraction of sp³-hybridized carbons (Fsp3) is 0. The maximum atomic E-state index is 6.26. The van der Waals surface area contributed by atoms with Crippen LogP contribution in [0.25, 0.3) is 99.9 Å². The first-order valence-electron chi connectivity index (χ1n) is 17.1. The quantitative estimate of drug-likeness (QED) is 0.174. The molecular formula is C47H29N3O. The Kier molecular flexibility index (Phi) is 6.78. The number of fused-ring (bicyclic) bond motifs is 6. The van der Waals surface area contributed by atoms with Crippen LogP contribution in [0, 0.1) is 0 Å². The summed E-state index contributed by atoms with van der Waals surface area (Å²) in [6.45, 7) is 0. The summed E-state index contributed by atoms with van der Waals surface area (Å²) >= 11 is 0. The molecule has 0 bridgehead atoms. The van der Waals surface area contributed by atoms with Gasteiger partial charge < -0.3 is 4.42 Å². The van der Waals surface area contributed by atoms with Crippen molar-refractivity contribution in [3.8, 4) is 56.4 Å². The van der Waals surface area contributed by atoms with Gasteiger partial charge in [-0.1, -0.05) is 158 Å². The van der Waals surface area contributed by atoms with Gasteiger partial charge in [0.05, 0.1) is 0 Å². The van der Waals surface area contributed by atoms with Crippen LogP contribution < -0.4 is 0 Å². The normalized spacial score (nSPS) is 11.5. The van der Waals surface area contributed by atoms with E-state index in [-0.39, 0.29) is 0 Å². The topological polar surface area (TPSA) is 51.8 Å².